The summed E-state index contributed by atoms with van der Waals surface area (Å²) in [5.74, 6) is -0.830. The van der Waals surface area contributed by atoms with E-state index in [0.717, 1.165) is 5.69 Å². The van der Waals surface area contributed by atoms with Crippen LogP contribution in [0, 0.1) is 5.92 Å². The molecular formula is C13H19N3O3. The number of ether oxygens (including phenoxy) is 1. The van der Waals surface area contributed by atoms with Crippen molar-refractivity contribution in [2.75, 3.05) is 7.11 Å². The maximum Gasteiger partial charge on any atom is 0.328 e. The zero-order chi connectivity index (χ0) is 14.4. The molecule has 0 spiro atoms. The van der Waals surface area contributed by atoms with E-state index < -0.39 is 12.0 Å². The maximum atomic E-state index is 11.7. The molecule has 6 nitrogen and oxygen atoms in total. The van der Waals surface area contributed by atoms with Gasteiger partial charge in [0.05, 0.1) is 12.8 Å². The molecular weight excluding hydrogens is 246 g/mol. The Balaban J connectivity index is 2.66. The number of nitrogens with zero attached hydrogens (tertiary/aromatic N) is 2. The number of carbonyl (C=O) groups excluding carboxylic acids is 2. The summed E-state index contributed by atoms with van der Waals surface area (Å²) in [5, 5.41) is 6.60. The average Bonchev–Trinajstić information content (AvgIpc) is 2.77. The molecule has 0 saturated carbocycles. The molecule has 104 valence electrons. The number of hydrogen-bond donors (Lipinski definition) is 1. The lowest BCUT2D eigenvalue weighted by atomic mass is 10.0. The van der Waals surface area contributed by atoms with Crippen LogP contribution < -0.4 is 5.32 Å². The minimum absolute atomic E-state index is 0.0403. The van der Waals surface area contributed by atoms with E-state index in [-0.39, 0.29) is 11.8 Å². The first-order valence-corrected chi connectivity index (χ1v) is 6.00. The molecule has 1 atom stereocenters. The van der Waals surface area contributed by atoms with Crippen molar-refractivity contribution < 1.29 is 14.3 Å². The molecule has 1 aromatic rings. The Hall–Kier alpha value is -2.11. The highest BCUT2D eigenvalue weighted by Gasteiger charge is 2.23. The third kappa shape index (κ3) is 4.24. The number of rotatable bonds is 5. The summed E-state index contributed by atoms with van der Waals surface area (Å²) in [6, 6.07) is 1.14. The second-order valence-corrected chi connectivity index (χ2v) is 4.47. The van der Waals surface area contributed by atoms with E-state index in [9.17, 15) is 9.59 Å². The molecule has 1 N–H and O–H groups in total. The van der Waals surface area contributed by atoms with Crippen molar-refractivity contribution in [3.8, 4) is 0 Å². The van der Waals surface area contributed by atoms with E-state index in [1.54, 1.807) is 30.1 Å². The maximum absolute atomic E-state index is 11.7. The summed E-state index contributed by atoms with van der Waals surface area (Å²) in [6.07, 6.45) is 4.65. The van der Waals surface area contributed by atoms with Crippen molar-refractivity contribution in [3.05, 3.63) is 24.0 Å². The molecule has 0 bridgehead atoms. The molecule has 0 aliphatic carbocycles. The van der Waals surface area contributed by atoms with Crippen LogP contribution in [0.3, 0.4) is 0 Å². The molecule has 1 heterocycles. The molecule has 0 radical (unpaired) electrons. The van der Waals surface area contributed by atoms with Gasteiger partial charge in [-0.25, -0.2) is 4.79 Å². The number of hydrogen-bond acceptors (Lipinski definition) is 4. The van der Waals surface area contributed by atoms with E-state index >= 15 is 0 Å². The van der Waals surface area contributed by atoms with E-state index in [0.29, 0.717) is 0 Å². The number of carbonyl (C=O) groups is 2. The fourth-order valence-electron chi connectivity index (χ4n) is 1.53. The number of aromatic nitrogens is 2. The molecule has 1 amide bonds. The van der Waals surface area contributed by atoms with Gasteiger partial charge in [-0.15, -0.1) is 0 Å². The van der Waals surface area contributed by atoms with Gasteiger partial charge in [0, 0.05) is 19.3 Å². The Morgan fingerprint density at radius 1 is 1.47 bits per heavy atom. The number of methoxy groups -OCH3 is 1. The van der Waals surface area contributed by atoms with Gasteiger partial charge in [0.1, 0.15) is 6.04 Å². The first-order valence-electron chi connectivity index (χ1n) is 6.00. The topological polar surface area (TPSA) is 73.2 Å². The van der Waals surface area contributed by atoms with Crippen molar-refractivity contribution in [2.45, 2.75) is 19.9 Å². The first kappa shape index (κ1) is 14.9. The van der Waals surface area contributed by atoms with Crippen LogP contribution in [0.5, 0.6) is 0 Å². The first-order chi connectivity index (χ1) is 8.95. The van der Waals surface area contributed by atoms with Gasteiger partial charge in [-0.05, 0) is 18.1 Å². The van der Waals surface area contributed by atoms with Crippen molar-refractivity contribution in [1.29, 1.82) is 0 Å². The molecule has 0 fully saturated rings. The molecule has 1 rings (SSSR count). The number of aryl methyl sites for hydroxylation is 1. The van der Waals surface area contributed by atoms with Crippen LogP contribution in [-0.4, -0.2) is 34.8 Å². The van der Waals surface area contributed by atoms with Crippen LogP contribution in [0.4, 0.5) is 0 Å². The monoisotopic (exact) mass is 265 g/mol. The SMILES string of the molecule is COC(=O)[C@H](NC(=O)C=Cc1ccnn1C)C(C)C. The largest absolute Gasteiger partial charge is 0.467 e. The van der Waals surface area contributed by atoms with Crippen LogP contribution in [0.2, 0.25) is 0 Å². The molecule has 19 heavy (non-hydrogen) atoms. The summed E-state index contributed by atoms with van der Waals surface area (Å²) in [4.78, 5) is 23.3. The molecule has 0 aromatic carbocycles. The van der Waals surface area contributed by atoms with Crippen LogP contribution in [0.15, 0.2) is 18.3 Å². The lowest BCUT2D eigenvalue weighted by molar-refractivity contribution is -0.145. The normalized spacial score (nSPS) is 12.7. The summed E-state index contributed by atoms with van der Waals surface area (Å²) in [6.45, 7) is 3.68. The van der Waals surface area contributed by atoms with Crippen molar-refractivity contribution >= 4 is 18.0 Å². The Bertz CT molecular complexity index is 477. The smallest absolute Gasteiger partial charge is 0.328 e. The number of amides is 1. The molecule has 0 aliphatic rings. The summed E-state index contributed by atoms with van der Waals surface area (Å²) < 4.78 is 6.30. The van der Waals surface area contributed by atoms with Gasteiger partial charge in [-0.2, -0.15) is 5.10 Å². The standard InChI is InChI=1S/C13H19N3O3/c1-9(2)12(13(18)19-4)15-11(17)6-5-10-7-8-14-16(10)3/h5-9,12H,1-4H3,(H,15,17)/t12-/m1/s1. The van der Waals surface area contributed by atoms with Crippen LogP contribution in [0.1, 0.15) is 19.5 Å². The second-order valence-electron chi connectivity index (χ2n) is 4.47. The lowest BCUT2D eigenvalue weighted by Gasteiger charge is -2.18. The van der Waals surface area contributed by atoms with Crippen LogP contribution in [0.25, 0.3) is 6.08 Å². The summed E-state index contributed by atoms with van der Waals surface area (Å²) in [5.41, 5.74) is 0.800. The Kier molecular flexibility index (Phi) is 5.29. The van der Waals surface area contributed by atoms with E-state index in [1.165, 1.54) is 13.2 Å². The van der Waals surface area contributed by atoms with E-state index in [1.807, 2.05) is 13.8 Å². The third-order valence-electron chi connectivity index (χ3n) is 2.68. The van der Waals surface area contributed by atoms with Gasteiger partial charge in [-0.1, -0.05) is 13.8 Å². The van der Waals surface area contributed by atoms with Crippen LogP contribution in [-0.2, 0) is 21.4 Å². The third-order valence-corrected chi connectivity index (χ3v) is 2.68. The van der Waals surface area contributed by atoms with Crippen LogP contribution >= 0.6 is 0 Å². The highest BCUT2D eigenvalue weighted by atomic mass is 16.5. The second kappa shape index (κ2) is 6.72. The predicted molar refractivity (Wildman–Crippen MR) is 71.0 cm³/mol. The Morgan fingerprint density at radius 2 is 2.16 bits per heavy atom. The average molecular weight is 265 g/mol. The quantitative estimate of drug-likeness (QED) is 0.629. The van der Waals surface area contributed by atoms with Crippen molar-refractivity contribution in [1.82, 2.24) is 15.1 Å². The van der Waals surface area contributed by atoms with Crippen molar-refractivity contribution in [3.63, 3.8) is 0 Å². The summed E-state index contributed by atoms with van der Waals surface area (Å²) in [7, 11) is 3.08. The van der Waals surface area contributed by atoms with Gasteiger partial charge >= 0.3 is 5.97 Å². The minimum Gasteiger partial charge on any atom is -0.467 e. The highest BCUT2D eigenvalue weighted by molar-refractivity contribution is 5.94. The molecule has 6 heteroatoms. The molecule has 0 saturated heterocycles. The predicted octanol–water partition coefficient (Wildman–Crippen LogP) is 0.747. The zero-order valence-electron chi connectivity index (χ0n) is 11.6. The number of esters is 1. The highest BCUT2D eigenvalue weighted by Crippen LogP contribution is 2.04. The number of nitrogens with one attached hydrogen (secondary N) is 1. The zero-order valence-corrected chi connectivity index (χ0v) is 11.6. The van der Waals surface area contributed by atoms with Crippen molar-refractivity contribution in [2.24, 2.45) is 13.0 Å². The van der Waals surface area contributed by atoms with Gasteiger partial charge in [0.15, 0.2) is 0 Å². The van der Waals surface area contributed by atoms with Gasteiger partial charge in [0.2, 0.25) is 5.91 Å². The summed E-state index contributed by atoms with van der Waals surface area (Å²) >= 11 is 0. The minimum atomic E-state index is -0.645. The Morgan fingerprint density at radius 3 is 2.63 bits per heavy atom. The van der Waals surface area contributed by atoms with E-state index in [4.69, 9.17) is 0 Å². The van der Waals surface area contributed by atoms with E-state index in [2.05, 4.69) is 15.2 Å². The fourth-order valence-corrected chi connectivity index (χ4v) is 1.53. The lowest BCUT2D eigenvalue weighted by Crippen LogP contribution is -2.44. The van der Waals surface area contributed by atoms with Gasteiger partial charge in [-0.3, -0.25) is 9.48 Å². The molecule has 1 aromatic heterocycles. The fraction of sp³-hybridized carbons (Fsp3) is 0.462. The Labute approximate surface area is 112 Å². The molecule has 0 aliphatic heterocycles. The van der Waals surface area contributed by atoms with Gasteiger partial charge < -0.3 is 10.1 Å². The molecule has 0 unspecified atom stereocenters. The van der Waals surface area contributed by atoms with Gasteiger partial charge in [0.25, 0.3) is 0 Å².